The number of nitrogens with zero attached hydrogens (tertiary/aromatic N) is 1. The second-order valence-electron chi connectivity index (χ2n) is 3.78. The molecule has 0 fully saturated rings. The lowest BCUT2D eigenvalue weighted by Gasteiger charge is -2.19. The van der Waals surface area contributed by atoms with E-state index in [0.717, 1.165) is 12.3 Å². The number of hydrogen-bond acceptors (Lipinski definition) is 1. The van der Waals surface area contributed by atoms with Crippen LogP contribution in [-0.2, 0) is 6.42 Å². The Morgan fingerprint density at radius 2 is 2.42 bits per heavy atom. The number of hydrogen-bond donors (Lipinski definition) is 1. The van der Waals surface area contributed by atoms with Gasteiger partial charge >= 0.3 is 0 Å². The van der Waals surface area contributed by atoms with Gasteiger partial charge in [0.2, 0.25) is 0 Å². The van der Waals surface area contributed by atoms with Gasteiger partial charge in [0.1, 0.15) is 0 Å². The van der Waals surface area contributed by atoms with Crippen LogP contribution in [0.15, 0.2) is 12.3 Å². The second-order valence-corrected chi connectivity index (χ2v) is 3.78. The minimum Gasteiger partial charge on any atom is -0.282 e. The Labute approximate surface area is 72.7 Å². The number of H-pyrrole nitrogens is 1. The van der Waals surface area contributed by atoms with Gasteiger partial charge in [-0.2, -0.15) is 5.10 Å². The van der Waals surface area contributed by atoms with Crippen molar-refractivity contribution < 1.29 is 0 Å². The number of rotatable bonds is 1. The number of fused-ring (bicyclic) bond motifs is 1. The van der Waals surface area contributed by atoms with Crippen LogP contribution in [0.5, 0.6) is 0 Å². The lowest BCUT2D eigenvalue weighted by atomic mass is 9.86. The summed E-state index contributed by atoms with van der Waals surface area (Å²) in [5, 5.41) is 7.06. The van der Waals surface area contributed by atoms with E-state index >= 15 is 0 Å². The Morgan fingerprint density at radius 1 is 1.58 bits per heavy atom. The zero-order chi connectivity index (χ0) is 8.55. The molecule has 12 heavy (non-hydrogen) atoms. The Hall–Kier alpha value is -1.05. The lowest BCUT2D eigenvalue weighted by Crippen LogP contribution is -2.12. The molecule has 0 saturated carbocycles. The fraction of sp³-hybridized carbons (Fsp3) is 0.500. The molecule has 1 aliphatic rings. The average Bonchev–Trinajstić information content (AvgIpc) is 2.49. The molecule has 0 aromatic carbocycles. The van der Waals surface area contributed by atoms with Crippen molar-refractivity contribution in [2.45, 2.75) is 20.3 Å². The first-order chi connectivity index (χ1) is 5.77. The molecule has 1 aromatic heterocycles. The Bertz CT molecular complexity index is 297. The summed E-state index contributed by atoms with van der Waals surface area (Å²) in [6, 6.07) is 0. The summed E-state index contributed by atoms with van der Waals surface area (Å²) in [4.78, 5) is 0. The van der Waals surface area contributed by atoms with Crippen LogP contribution < -0.4 is 0 Å². The molecule has 0 radical (unpaired) electrons. The van der Waals surface area contributed by atoms with Crippen molar-refractivity contribution in [1.29, 1.82) is 0 Å². The van der Waals surface area contributed by atoms with Crippen molar-refractivity contribution in [3.8, 4) is 0 Å². The fourth-order valence-corrected chi connectivity index (χ4v) is 1.62. The standard InChI is InChI=1S/C10H14N2/c1-7(2)8-3-4-9-6-11-12-10(9)5-8/h3-4,6-8H,5H2,1-2H3,(H,11,12). The highest BCUT2D eigenvalue weighted by atomic mass is 15.1. The molecule has 0 aliphatic heterocycles. The van der Waals surface area contributed by atoms with Crippen LogP contribution in [0.1, 0.15) is 25.1 Å². The van der Waals surface area contributed by atoms with Crippen molar-refractivity contribution >= 4 is 6.08 Å². The SMILES string of the molecule is CC(C)C1C=Cc2cn[nH]c2C1. The van der Waals surface area contributed by atoms with Crippen LogP contribution in [0, 0.1) is 11.8 Å². The van der Waals surface area contributed by atoms with E-state index in [1.165, 1.54) is 11.3 Å². The summed E-state index contributed by atoms with van der Waals surface area (Å²) in [7, 11) is 0. The van der Waals surface area contributed by atoms with Crippen LogP contribution in [0.3, 0.4) is 0 Å². The van der Waals surface area contributed by atoms with Crippen molar-refractivity contribution in [2.24, 2.45) is 11.8 Å². The molecule has 64 valence electrons. The van der Waals surface area contributed by atoms with Gasteiger partial charge in [0, 0.05) is 11.3 Å². The largest absolute Gasteiger partial charge is 0.282 e. The highest BCUT2D eigenvalue weighted by molar-refractivity contribution is 5.53. The molecule has 1 unspecified atom stereocenters. The summed E-state index contributed by atoms with van der Waals surface area (Å²) in [5.41, 5.74) is 2.54. The maximum atomic E-state index is 4.02. The Kier molecular flexibility index (Phi) is 1.75. The minimum atomic E-state index is 0.679. The monoisotopic (exact) mass is 162 g/mol. The van der Waals surface area contributed by atoms with Crippen LogP contribution in [-0.4, -0.2) is 10.2 Å². The zero-order valence-corrected chi connectivity index (χ0v) is 7.54. The summed E-state index contributed by atoms with van der Waals surface area (Å²) in [5.74, 6) is 1.40. The van der Waals surface area contributed by atoms with Gasteiger partial charge < -0.3 is 0 Å². The first-order valence-electron chi connectivity index (χ1n) is 4.48. The number of nitrogens with one attached hydrogen (secondary N) is 1. The molecule has 1 atom stereocenters. The highest BCUT2D eigenvalue weighted by Crippen LogP contribution is 2.25. The summed E-state index contributed by atoms with van der Waals surface area (Å²) in [6.45, 7) is 4.52. The third-order valence-electron chi connectivity index (χ3n) is 2.57. The quantitative estimate of drug-likeness (QED) is 0.674. The average molecular weight is 162 g/mol. The Morgan fingerprint density at radius 3 is 3.17 bits per heavy atom. The molecular formula is C10H14N2. The van der Waals surface area contributed by atoms with E-state index in [1.807, 2.05) is 6.20 Å². The van der Waals surface area contributed by atoms with Gasteiger partial charge in [-0.1, -0.05) is 26.0 Å². The molecule has 0 bridgehead atoms. The van der Waals surface area contributed by atoms with Gasteiger partial charge in [-0.3, -0.25) is 5.10 Å². The van der Waals surface area contributed by atoms with Gasteiger partial charge in [-0.25, -0.2) is 0 Å². The van der Waals surface area contributed by atoms with E-state index < -0.39 is 0 Å². The molecule has 1 heterocycles. The summed E-state index contributed by atoms with van der Waals surface area (Å²) >= 11 is 0. The van der Waals surface area contributed by atoms with Gasteiger partial charge in [-0.15, -0.1) is 0 Å². The van der Waals surface area contributed by atoms with Crippen molar-refractivity contribution in [3.05, 3.63) is 23.5 Å². The van der Waals surface area contributed by atoms with E-state index in [1.54, 1.807) is 0 Å². The molecule has 2 nitrogen and oxygen atoms in total. The molecule has 2 rings (SSSR count). The van der Waals surface area contributed by atoms with E-state index in [2.05, 4.69) is 36.2 Å². The number of allylic oxidation sites excluding steroid dienone is 1. The molecule has 0 saturated heterocycles. The van der Waals surface area contributed by atoms with E-state index in [-0.39, 0.29) is 0 Å². The smallest absolute Gasteiger partial charge is 0.0562 e. The van der Waals surface area contributed by atoms with Gasteiger partial charge in [-0.05, 0) is 18.3 Å². The van der Waals surface area contributed by atoms with Crippen LogP contribution in [0.4, 0.5) is 0 Å². The van der Waals surface area contributed by atoms with Crippen LogP contribution in [0.2, 0.25) is 0 Å². The normalized spacial score (nSPS) is 21.4. The molecule has 1 aromatic rings. The van der Waals surface area contributed by atoms with Crippen molar-refractivity contribution in [2.75, 3.05) is 0 Å². The minimum absolute atomic E-state index is 0.679. The lowest BCUT2D eigenvalue weighted by molar-refractivity contribution is 0.457. The molecule has 0 amide bonds. The highest BCUT2D eigenvalue weighted by Gasteiger charge is 2.17. The van der Waals surface area contributed by atoms with Gasteiger partial charge in [0.05, 0.1) is 6.20 Å². The topological polar surface area (TPSA) is 28.7 Å². The van der Waals surface area contributed by atoms with Crippen molar-refractivity contribution in [3.63, 3.8) is 0 Å². The van der Waals surface area contributed by atoms with Crippen molar-refractivity contribution in [1.82, 2.24) is 10.2 Å². The van der Waals surface area contributed by atoms with Crippen LogP contribution in [0.25, 0.3) is 6.08 Å². The molecule has 0 spiro atoms. The van der Waals surface area contributed by atoms with Crippen LogP contribution >= 0.6 is 0 Å². The molecular weight excluding hydrogens is 148 g/mol. The molecule has 1 aliphatic carbocycles. The van der Waals surface area contributed by atoms with E-state index in [0.29, 0.717) is 5.92 Å². The first-order valence-corrected chi connectivity index (χ1v) is 4.48. The summed E-state index contributed by atoms with van der Waals surface area (Å²) in [6.07, 6.45) is 7.47. The molecule has 2 heteroatoms. The zero-order valence-electron chi connectivity index (χ0n) is 7.54. The second kappa shape index (κ2) is 2.77. The maximum absolute atomic E-state index is 4.02. The number of aromatic nitrogens is 2. The predicted molar refractivity (Wildman–Crippen MR) is 49.7 cm³/mol. The van der Waals surface area contributed by atoms with Gasteiger partial charge in [0.15, 0.2) is 0 Å². The van der Waals surface area contributed by atoms with E-state index in [4.69, 9.17) is 0 Å². The predicted octanol–water partition coefficient (Wildman–Crippen LogP) is 2.25. The molecule has 1 N–H and O–H groups in total. The maximum Gasteiger partial charge on any atom is 0.0562 e. The third-order valence-corrected chi connectivity index (χ3v) is 2.57. The van der Waals surface area contributed by atoms with Gasteiger partial charge in [0.25, 0.3) is 0 Å². The number of aromatic amines is 1. The van der Waals surface area contributed by atoms with E-state index in [9.17, 15) is 0 Å². The third kappa shape index (κ3) is 1.17. The Balaban J connectivity index is 2.24. The summed E-state index contributed by atoms with van der Waals surface area (Å²) < 4.78 is 0. The fourth-order valence-electron chi connectivity index (χ4n) is 1.62. The first kappa shape index (κ1) is 7.59.